The Bertz CT molecular complexity index is 406. The second-order valence-corrected chi connectivity index (χ2v) is 2.65. The van der Waals surface area contributed by atoms with E-state index in [1.54, 1.807) is 12.4 Å². The molecule has 0 aromatic carbocycles. The number of nitrogens with zero attached hydrogens (tertiary/aromatic N) is 3. The van der Waals surface area contributed by atoms with Crippen molar-refractivity contribution in [2.45, 2.75) is 6.92 Å². The lowest BCUT2D eigenvalue weighted by Gasteiger charge is -1.95. The quantitative estimate of drug-likeness (QED) is 0.701. The van der Waals surface area contributed by atoms with E-state index in [0.29, 0.717) is 17.1 Å². The normalized spacial score (nSPS) is 10.2. The van der Waals surface area contributed by atoms with E-state index in [0.717, 1.165) is 5.69 Å². The van der Waals surface area contributed by atoms with Gasteiger partial charge in [0, 0.05) is 6.20 Å². The largest absolute Gasteiger partial charge is 0.394 e. The molecular formula is C8H8N4O. The Morgan fingerprint density at radius 2 is 2.08 bits per heavy atom. The maximum Gasteiger partial charge on any atom is 0.209 e. The van der Waals surface area contributed by atoms with Crippen LogP contribution in [-0.4, -0.2) is 15.1 Å². The summed E-state index contributed by atoms with van der Waals surface area (Å²) in [6.07, 6.45) is 4.69. The zero-order valence-corrected chi connectivity index (χ0v) is 7.06. The third-order valence-electron chi connectivity index (χ3n) is 1.61. The molecule has 0 amide bonds. The van der Waals surface area contributed by atoms with Gasteiger partial charge in [0.15, 0.2) is 0 Å². The van der Waals surface area contributed by atoms with Gasteiger partial charge in [-0.2, -0.15) is 0 Å². The molecule has 66 valence electrons. The van der Waals surface area contributed by atoms with Crippen LogP contribution in [0.5, 0.6) is 0 Å². The van der Waals surface area contributed by atoms with Crippen LogP contribution in [0, 0.1) is 6.92 Å². The standard InChI is InChI=1S/C8H8N4O/c1-5-2-11-7(4-10-5)8-6(9)3-12-13-8/h2-4H,9H2,1H3. The summed E-state index contributed by atoms with van der Waals surface area (Å²) in [6.45, 7) is 1.86. The Balaban J connectivity index is 2.47. The van der Waals surface area contributed by atoms with E-state index in [2.05, 4.69) is 15.1 Å². The molecule has 0 aliphatic rings. The first kappa shape index (κ1) is 7.72. The Kier molecular flexibility index (Phi) is 1.70. The molecule has 0 atom stereocenters. The summed E-state index contributed by atoms with van der Waals surface area (Å²) in [7, 11) is 0. The molecule has 2 N–H and O–H groups in total. The Labute approximate surface area is 74.6 Å². The number of nitrogens with two attached hydrogens (primary N) is 1. The highest BCUT2D eigenvalue weighted by Gasteiger charge is 2.08. The van der Waals surface area contributed by atoms with E-state index in [1.165, 1.54) is 6.20 Å². The van der Waals surface area contributed by atoms with Gasteiger partial charge in [-0.25, -0.2) is 4.98 Å². The summed E-state index contributed by atoms with van der Waals surface area (Å²) in [5.41, 5.74) is 7.50. The monoisotopic (exact) mass is 176 g/mol. The zero-order valence-electron chi connectivity index (χ0n) is 7.06. The zero-order chi connectivity index (χ0) is 9.26. The maximum atomic E-state index is 5.59. The number of aryl methyl sites for hydroxylation is 1. The minimum absolute atomic E-state index is 0.465. The summed E-state index contributed by atoms with van der Waals surface area (Å²) in [6, 6.07) is 0. The number of aromatic nitrogens is 3. The average Bonchev–Trinajstić information content (AvgIpc) is 2.53. The summed E-state index contributed by atoms with van der Waals surface area (Å²) in [5, 5.41) is 3.55. The second kappa shape index (κ2) is 2.85. The van der Waals surface area contributed by atoms with Gasteiger partial charge in [-0.15, -0.1) is 0 Å². The molecule has 2 heterocycles. The van der Waals surface area contributed by atoms with Crippen molar-refractivity contribution in [3.05, 3.63) is 24.3 Å². The second-order valence-electron chi connectivity index (χ2n) is 2.65. The van der Waals surface area contributed by atoms with E-state index < -0.39 is 0 Å². The molecule has 0 unspecified atom stereocenters. The first-order valence-electron chi connectivity index (χ1n) is 3.76. The van der Waals surface area contributed by atoms with Crippen LogP contribution in [0.1, 0.15) is 5.69 Å². The van der Waals surface area contributed by atoms with E-state index in [1.807, 2.05) is 6.92 Å². The van der Waals surface area contributed by atoms with Crippen molar-refractivity contribution in [2.24, 2.45) is 0 Å². The Morgan fingerprint density at radius 1 is 1.23 bits per heavy atom. The Hall–Kier alpha value is -1.91. The van der Waals surface area contributed by atoms with Gasteiger partial charge in [0.2, 0.25) is 5.76 Å². The van der Waals surface area contributed by atoms with Crippen molar-refractivity contribution in [3.8, 4) is 11.5 Å². The van der Waals surface area contributed by atoms with Gasteiger partial charge in [0.05, 0.1) is 18.1 Å². The van der Waals surface area contributed by atoms with Crippen LogP contribution in [-0.2, 0) is 0 Å². The molecule has 5 heteroatoms. The third kappa shape index (κ3) is 1.35. The van der Waals surface area contributed by atoms with Gasteiger partial charge >= 0.3 is 0 Å². The fraction of sp³-hybridized carbons (Fsp3) is 0.125. The predicted molar refractivity (Wildman–Crippen MR) is 46.7 cm³/mol. The fourth-order valence-electron chi connectivity index (χ4n) is 0.952. The van der Waals surface area contributed by atoms with Gasteiger partial charge in [0.25, 0.3) is 0 Å². The molecular weight excluding hydrogens is 168 g/mol. The lowest BCUT2D eigenvalue weighted by molar-refractivity contribution is 0.431. The summed E-state index contributed by atoms with van der Waals surface area (Å²) < 4.78 is 4.91. The molecule has 0 aliphatic carbocycles. The summed E-state index contributed by atoms with van der Waals surface area (Å²) in [5.74, 6) is 0.465. The summed E-state index contributed by atoms with van der Waals surface area (Å²) in [4.78, 5) is 8.18. The van der Waals surface area contributed by atoms with Gasteiger partial charge in [0.1, 0.15) is 11.4 Å². The lowest BCUT2D eigenvalue weighted by atomic mass is 10.3. The maximum absolute atomic E-state index is 5.59. The fourth-order valence-corrected chi connectivity index (χ4v) is 0.952. The topological polar surface area (TPSA) is 77.8 Å². The molecule has 0 saturated carbocycles. The Morgan fingerprint density at radius 3 is 2.62 bits per heavy atom. The van der Waals surface area contributed by atoms with E-state index in [9.17, 15) is 0 Å². The molecule has 0 saturated heterocycles. The van der Waals surface area contributed by atoms with Crippen molar-refractivity contribution in [1.82, 2.24) is 15.1 Å². The van der Waals surface area contributed by atoms with Gasteiger partial charge in [-0.1, -0.05) is 5.16 Å². The molecule has 2 aromatic rings. The van der Waals surface area contributed by atoms with Crippen molar-refractivity contribution >= 4 is 5.69 Å². The molecule has 0 bridgehead atoms. The minimum Gasteiger partial charge on any atom is -0.394 e. The van der Waals surface area contributed by atoms with E-state index >= 15 is 0 Å². The van der Waals surface area contributed by atoms with E-state index in [-0.39, 0.29) is 0 Å². The van der Waals surface area contributed by atoms with Crippen LogP contribution in [0.2, 0.25) is 0 Å². The van der Waals surface area contributed by atoms with Crippen molar-refractivity contribution in [3.63, 3.8) is 0 Å². The van der Waals surface area contributed by atoms with Crippen LogP contribution in [0.4, 0.5) is 5.69 Å². The highest BCUT2D eigenvalue weighted by atomic mass is 16.5. The summed E-state index contributed by atoms with van der Waals surface area (Å²) >= 11 is 0. The number of rotatable bonds is 1. The number of hydrogen-bond donors (Lipinski definition) is 1. The molecule has 2 aromatic heterocycles. The lowest BCUT2D eigenvalue weighted by Crippen LogP contribution is -1.90. The number of nitrogen functional groups attached to an aromatic ring is 1. The van der Waals surface area contributed by atoms with Crippen molar-refractivity contribution in [2.75, 3.05) is 5.73 Å². The number of anilines is 1. The van der Waals surface area contributed by atoms with Crippen LogP contribution in [0.15, 0.2) is 23.1 Å². The smallest absolute Gasteiger partial charge is 0.209 e. The molecule has 0 radical (unpaired) electrons. The SMILES string of the molecule is Cc1cnc(-c2oncc2N)cn1. The van der Waals surface area contributed by atoms with Crippen molar-refractivity contribution in [1.29, 1.82) is 0 Å². The number of hydrogen-bond acceptors (Lipinski definition) is 5. The van der Waals surface area contributed by atoms with Crippen LogP contribution >= 0.6 is 0 Å². The molecule has 0 fully saturated rings. The van der Waals surface area contributed by atoms with Crippen LogP contribution in [0.25, 0.3) is 11.5 Å². The molecule has 2 rings (SSSR count). The van der Waals surface area contributed by atoms with Crippen molar-refractivity contribution < 1.29 is 4.52 Å². The highest BCUT2D eigenvalue weighted by molar-refractivity contribution is 5.65. The first-order chi connectivity index (χ1) is 6.27. The molecule has 0 spiro atoms. The van der Waals surface area contributed by atoms with Gasteiger partial charge in [-0.05, 0) is 6.92 Å². The molecule has 13 heavy (non-hydrogen) atoms. The van der Waals surface area contributed by atoms with Gasteiger partial charge in [-0.3, -0.25) is 4.98 Å². The van der Waals surface area contributed by atoms with E-state index in [4.69, 9.17) is 10.3 Å². The molecule has 5 nitrogen and oxygen atoms in total. The first-order valence-corrected chi connectivity index (χ1v) is 3.76. The molecule has 0 aliphatic heterocycles. The average molecular weight is 176 g/mol. The highest BCUT2D eigenvalue weighted by Crippen LogP contribution is 2.21. The van der Waals surface area contributed by atoms with Gasteiger partial charge < -0.3 is 10.3 Å². The third-order valence-corrected chi connectivity index (χ3v) is 1.61. The van der Waals surface area contributed by atoms with Crippen LogP contribution < -0.4 is 5.73 Å². The minimum atomic E-state index is 0.465. The van der Waals surface area contributed by atoms with Crippen LogP contribution in [0.3, 0.4) is 0 Å². The predicted octanol–water partition coefficient (Wildman–Crippen LogP) is 1.02.